The molecule has 0 saturated carbocycles. The third kappa shape index (κ3) is 2.69. The smallest absolute Gasteiger partial charge is 0.278 e. The monoisotopic (exact) mass is 337 g/mol. The Hall–Kier alpha value is -2.27. The van der Waals surface area contributed by atoms with Gasteiger partial charge in [0.2, 0.25) is 0 Å². The summed E-state index contributed by atoms with van der Waals surface area (Å²) in [5, 5.41) is 0.493. The van der Waals surface area contributed by atoms with Crippen LogP contribution in [-0.2, 0) is 0 Å². The first-order chi connectivity index (χ1) is 11.6. The van der Waals surface area contributed by atoms with Crippen molar-refractivity contribution in [3.8, 4) is 0 Å². The van der Waals surface area contributed by atoms with E-state index in [9.17, 15) is 4.79 Å². The largest absolute Gasteiger partial charge is 0.306 e. The number of nitrogens with zero attached hydrogens (tertiary/aromatic N) is 3. The summed E-state index contributed by atoms with van der Waals surface area (Å²) in [5.41, 5.74) is 3.43. The van der Waals surface area contributed by atoms with E-state index in [1.807, 2.05) is 70.7 Å². The summed E-state index contributed by atoms with van der Waals surface area (Å²) in [4.78, 5) is 20.7. The minimum Gasteiger partial charge on any atom is -0.306 e. The number of pyridine rings is 1. The molecule has 1 atom stereocenters. The molecule has 1 aliphatic heterocycles. The third-order valence-electron chi connectivity index (χ3n) is 4.32. The minimum atomic E-state index is -0.0292. The number of anilines is 1. The third-order valence-corrected chi connectivity index (χ3v) is 5.56. The number of carbonyl (C=O) groups excluding carboxylic acids is 1. The second-order valence-corrected chi connectivity index (χ2v) is 7.72. The van der Waals surface area contributed by atoms with Crippen LogP contribution in [0, 0.1) is 6.92 Å². The first-order valence-corrected chi connectivity index (χ1v) is 9.03. The molecule has 0 bridgehead atoms. The number of para-hydroxylation sites is 1. The highest BCUT2D eigenvalue weighted by molar-refractivity contribution is 8.00. The van der Waals surface area contributed by atoms with Gasteiger partial charge in [-0.3, -0.25) is 4.79 Å². The van der Waals surface area contributed by atoms with Gasteiger partial charge in [0, 0.05) is 29.1 Å². The van der Waals surface area contributed by atoms with Crippen molar-refractivity contribution in [1.29, 1.82) is 0 Å². The summed E-state index contributed by atoms with van der Waals surface area (Å²) in [6.07, 6.45) is 4.74. The van der Waals surface area contributed by atoms with Crippen LogP contribution in [0.2, 0.25) is 0 Å². The molecule has 3 aromatic rings. The number of aromatic nitrogens is 2. The SMILES string of the molecule is Cc1ccn2cc(C(=O)N3CC[C@@H](C)Sc4ccccc43)nc2c1. The van der Waals surface area contributed by atoms with Gasteiger partial charge in [-0.2, -0.15) is 0 Å². The fourth-order valence-corrected chi connectivity index (χ4v) is 4.14. The molecule has 4 rings (SSSR count). The molecule has 0 unspecified atom stereocenters. The topological polar surface area (TPSA) is 37.6 Å². The van der Waals surface area contributed by atoms with Crippen LogP contribution in [0.1, 0.15) is 29.4 Å². The van der Waals surface area contributed by atoms with Crippen LogP contribution in [0.3, 0.4) is 0 Å². The van der Waals surface area contributed by atoms with Crippen LogP contribution in [0.15, 0.2) is 53.7 Å². The van der Waals surface area contributed by atoms with Gasteiger partial charge in [-0.15, -0.1) is 11.8 Å². The fourth-order valence-electron chi connectivity index (χ4n) is 3.02. The summed E-state index contributed by atoms with van der Waals surface area (Å²) in [6, 6.07) is 12.1. The van der Waals surface area contributed by atoms with Crippen LogP contribution in [0.4, 0.5) is 5.69 Å². The van der Waals surface area contributed by atoms with E-state index in [4.69, 9.17) is 0 Å². The Bertz CT molecular complexity index is 918. The van der Waals surface area contributed by atoms with E-state index in [-0.39, 0.29) is 5.91 Å². The number of fused-ring (bicyclic) bond motifs is 2. The van der Waals surface area contributed by atoms with Crippen molar-refractivity contribution in [2.24, 2.45) is 0 Å². The van der Waals surface area contributed by atoms with Gasteiger partial charge >= 0.3 is 0 Å². The van der Waals surface area contributed by atoms with Gasteiger partial charge in [-0.1, -0.05) is 19.1 Å². The van der Waals surface area contributed by atoms with Crippen LogP contribution in [0.5, 0.6) is 0 Å². The maximum Gasteiger partial charge on any atom is 0.278 e. The highest BCUT2D eigenvalue weighted by atomic mass is 32.2. The van der Waals surface area contributed by atoms with E-state index < -0.39 is 0 Å². The number of benzene rings is 1. The first-order valence-electron chi connectivity index (χ1n) is 8.15. The highest BCUT2D eigenvalue weighted by Crippen LogP contribution is 2.37. The van der Waals surface area contributed by atoms with Crippen LogP contribution in [0.25, 0.3) is 5.65 Å². The molecule has 5 heteroatoms. The quantitative estimate of drug-likeness (QED) is 0.669. The summed E-state index contributed by atoms with van der Waals surface area (Å²) < 4.78 is 1.90. The molecule has 122 valence electrons. The maximum absolute atomic E-state index is 13.1. The lowest BCUT2D eigenvalue weighted by Gasteiger charge is -2.21. The van der Waals surface area contributed by atoms with Crippen molar-refractivity contribution in [2.75, 3.05) is 11.4 Å². The average molecular weight is 337 g/mol. The predicted octanol–water partition coefficient (Wildman–Crippen LogP) is 4.17. The van der Waals surface area contributed by atoms with Gasteiger partial charge in [0.15, 0.2) is 0 Å². The summed E-state index contributed by atoms with van der Waals surface area (Å²) >= 11 is 1.84. The van der Waals surface area contributed by atoms with Crippen molar-refractivity contribution in [1.82, 2.24) is 9.38 Å². The molecule has 1 amide bonds. The number of imidazole rings is 1. The van der Waals surface area contributed by atoms with Crippen LogP contribution < -0.4 is 4.90 Å². The van der Waals surface area contributed by atoms with Gasteiger partial charge in [-0.25, -0.2) is 4.98 Å². The summed E-state index contributed by atoms with van der Waals surface area (Å²) in [6.45, 7) is 4.96. The van der Waals surface area contributed by atoms with E-state index in [2.05, 4.69) is 18.0 Å². The second kappa shape index (κ2) is 5.98. The van der Waals surface area contributed by atoms with Crippen LogP contribution >= 0.6 is 11.8 Å². The number of carbonyl (C=O) groups is 1. The van der Waals surface area contributed by atoms with E-state index in [0.717, 1.165) is 34.8 Å². The Balaban J connectivity index is 1.75. The molecule has 3 heterocycles. The van der Waals surface area contributed by atoms with E-state index in [1.165, 1.54) is 0 Å². The van der Waals surface area contributed by atoms with E-state index >= 15 is 0 Å². The first kappa shape index (κ1) is 15.3. The molecule has 1 aliphatic rings. The minimum absolute atomic E-state index is 0.0292. The number of hydrogen-bond acceptors (Lipinski definition) is 3. The van der Waals surface area contributed by atoms with Gasteiger partial charge in [-0.05, 0) is 43.2 Å². The number of amides is 1. The summed E-state index contributed by atoms with van der Waals surface area (Å²) in [5.74, 6) is -0.0292. The maximum atomic E-state index is 13.1. The zero-order valence-corrected chi connectivity index (χ0v) is 14.6. The summed E-state index contributed by atoms with van der Waals surface area (Å²) in [7, 11) is 0. The molecule has 0 N–H and O–H groups in total. The zero-order valence-electron chi connectivity index (χ0n) is 13.8. The number of thioether (sulfide) groups is 1. The molecule has 0 radical (unpaired) electrons. The molecule has 0 saturated heterocycles. The molecule has 0 aliphatic carbocycles. The lowest BCUT2D eigenvalue weighted by Crippen LogP contribution is -2.32. The lowest BCUT2D eigenvalue weighted by molar-refractivity contribution is 0.0982. The van der Waals surface area contributed by atoms with E-state index in [1.54, 1.807) is 0 Å². The Labute approximate surface area is 145 Å². The number of aryl methyl sites for hydroxylation is 1. The fraction of sp³-hybridized carbons (Fsp3) is 0.263. The number of rotatable bonds is 1. The Morgan fingerprint density at radius 2 is 2.12 bits per heavy atom. The predicted molar refractivity (Wildman–Crippen MR) is 98.0 cm³/mol. The molecule has 0 spiro atoms. The van der Waals surface area contributed by atoms with Crippen molar-refractivity contribution in [2.45, 2.75) is 30.4 Å². The standard InChI is InChI=1S/C19H19N3OS/c1-13-7-9-21-12-15(20-18(21)11-13)19(23)22-10-8-14(2)24-17-6-4-3-5-16(17)22/h3-7,9,11-12,14H,8,10H2,1-2H3/t14-/m1/s1. The van der Waals surface area contributed by atoms with Crippen molar-refractivity contribution in [3.63, 3.8) is 0 Å². The molecule has 0 fully saturated rings. The van der Waals surface area contributed by atoms with Crippen molar-refractivity contribution >= 4 is 29.0 Å². The normalized spacial score (nSPS) is 17.6. The van der Waals surface area contributed by atoms with Gasteiger partial charge in [0.1, 0.15) is 11.3 Å². The van der Waals surface area contributed by atoms with Gasteiger partial charge in [0.25, 0.3) is 5.91 Å². The molecular weight excluding hydrogens is 318 g/mol. The van der Waals surface area contributed by atoms with Crippen molar-refractivity contribution < 1.29 is 4.79 Å². The molecule has 1 aromatic carbocycles. The van der Waals surface area contributed by atoms with Crippen LogP contribution in [-0.4, -0.2) is 27.1 Å². The lowest BCUT2D eigenvalue weighted by atomic mass is 10.2. The molecule has 24 heavy (non-hydrogen) atoms. The van der Waals surface area contributed by atoms with Gasteiger partial charge < -0.3 is 9.30 Å². The molecule has 4 nitrogen and oxygen atoms in total. The molecule has 2 aromatic heterocycles. The van der Waals surface area contributed by atoms with Gasteiger partial charge in [0.05, 0.1) is 5.69 Å². The number of hydrogen-bond donors (Lipinski definition) is 0. The average Bonchev–Trinajstić information content (AvgIpc) is 2.91. The highest BCUT2D eigenvalue weighted by Gasteiger charge is 2.26. The Kier molecular flexibility index (Phi) is 3.81. The molecular formula is C19H19N3OS. The Morgan fingerprint density at radius 3 is 3.00 bits per heavy atom. The second-order valence-electron chi connectivity index (χ2n) is 6.24. The zero-order chi connectivity index (χ0) is 16.7. The van der Waals surface area contributed by atoms with E-state index in [0.29, 0.717) is 10.9 Å². The Morgan fingerprint density at radius 1 is 1.29 bits per heavy atom. The van der Waals surface area contributed by atoms with Crippen molar-refractivity contribution in [3.05, 3.63) is 60.0 Å².